The van der Waals surface area contributed by atoms with Gasteiger partial charge in [-0.2, -0.15) is 8.78 Å². The summed E-state index contributed by atoms with van der Waals surface area (Å²) in [4.78, 5) is 30.4. The van der Waals surface area contributed by atoms with Gasteiger partial charge in [0.25, 0.3) is 6.43 Å². The number of halogens is 4. The Morgan fingerprint density at radius 2 is 1.64 bits per heavy atom. The lowest BCUT2D eigenvalue weighted by molar-refractivity contribution is -0.118. The molecule has 1 heterocycles. The smallest absolute Gasteiger partial charge is 0.387 e. The van der Waals surface area contributed by atoms with Crippen LogP contribution in [0.4, 0.5) is 34.2 Å². The molecule has 3 aromatic rings. The fraction of sp³-hybridized carbons (Fsp3) is 0.190. The fourth-order valence-electron chi connectivity index (χ4n) is 2.91. The molecule has 12 heteroatoms. The Bertz CT molecular complexity index is 1140. The Labute approximate surface area is 189 Å². The summed E-state index contributed by atoms with van der Waals surface area (Å²) in [5.41, 5.74) is 11.7. The van der Waals surface area contributed by atoms with E-state index < -0.39 is 30.8 Å². The number of carbonyl (C=O) groups is 2. The lowest BCUT2D eigenvalue weighted by Gasteiger charge is -2.26. The van der Waals surface area contributed by atoms with Gasteiger partial charge in [0.15, 0.2) is 5.13 Å². The Balaban J connectivity index is 1.95. The summed E-state index contributed by atoms with van der Waals surface area (Å²) in [5.74, 6) is -1.49. The number of ether oxygens (including phenoxy) is 1. The molecule has 0 saturated carbocycles. The molecule has 2 aromatic carbocycles. The van der Waals surface area contributed by atoms with Crippen molar-refractivity contribution in [2.75, 3.05) is 10.6 Å². The van der Waals surface area contributed by atoms with Crippen molar-refractivity contribution >= 4 is 39.7 Å². The molecule has 1 unspecified atom stereocenters. The maximum Gasteiger partial charge on any atom is 0.387 e. The number of thiazole rings is 1. The van der Waals surface area contributed by atoms with E-state index in [-0.39, 0.29) is 32.7 Å². The summed E-state index contributed by atoms with van der Waals surface area (Å²) in [5, 5.41) is 0.143. The van der Waals surface area contributed by atoms with Gasteiger partial charge < -0.3 is 21.1 Å². The highest BCUT2D eigenvalue weighted by atomic mass is 32.1. The van der Waals surface area contributed by atoms with Crippen LogP contribution in [0.5, 0.6) is 5.75 Å². The summed E-state index contributed by atoms with van der Waals surface area (Å²) in [6, 6.07) is 9.23. The molecule has 0 spiro atoms. The first-order valence-corrected chi connectivity index (χ1v) is 10.2. The van der Waals surface area contributed by atoms with Gasteiger partial charge in [-0.3, -0.25) is 9.59 Å². The second-order valence-corrected chi connectivity index (χ2v) is 7.76. The van der Waals surface area contributed by atoms with Gasteiger partial charge in [-0.25, -0.2) is 13.8 Å². The predicted octanol–water partition coefficient (Wildman–Crippen LogP) is 4.51. The number of ketones is 1. The number of hydrogen-bond donors (Lipinski definition) is 2. The third-order valence-electron chi connectivity index (χ3n) is 4.62. The quantitative estimate of drug-likeness (QED) is 0.343. The lowest BCUT2D eigenvalue weighted by Crippen LogP contribution is -2.39. The van der Waals surface area contributed by atoms with E-state index in [1.807, 2.05) is 0 Å². The zero-order valence-corrected chi connectivity index (χ0v) is 17.9. The van der Waals surface area contributed by atoms with E-state index in [9.17, 15) is 27.2 Å². The standard InChI is InChI=1S/C21H18F4N4O3S/c1-10(19(27)31)29(13-6-2-12(3-7-13)17(22)23)21-28-18(26)16(33-21)15(30)11-4-8-14(9-5-11)32-20(24)25/h2-10,17,20H,26H2,1H3,(H2,27,31). The Kier molecular flexibility index (Phi) is 7.16. The highest BCUT2D eigenvalue weighted by Gasteiger charge is 2.27. The predicted molar refractivity (Wildman–Crippen MR) is 115 cm³/mol. The van der Waals surface area contributed by atoms with Crippen molar-refractivity contribution in [2.24, 2.45) is 5.73 Å². The summed E-state index contributed by atoms with van der Waals surface area (Å²) in [6.45, 7) is -1.51. The zero-order valence-electron chi connectivity index (χ0n) is 17.0. The van der Waals surface area contributed by atoms with Crippen LogP contribution >= 0.6 is 11.3 Å². The summed E-state index contributed by atoms with van der Waals surface area (Å²) in [7, 11) is 0. The van der Waals surface area contributed by atoms with E-state index in [0.29, 0.717) is 5.69 Å². The molecule has 0 bridgehead atoms. The zero-order chi connectivity index (χ0) is 24.3. The van der Waals surface area contributed by atoms with Crippen LogP contribution in [-0.2, 0) is 4.79 Å². The summed E-state index contributed by atoms with van der Waals surface area (Å²) in [6.07, 6.45) is -2.67. The number of benzene rings is 2. The van der Waals surface area contributed by atoms with Crippen molar-refractivity contribution in [2.45, 2.75) is 26.0 Å². The molecule has 4 N–H and O–H groups in total. The molecule has 3 rings (SSSR count). The first-order valence-electron chi connectivity index (χ1n) is 9.41. The second-order valence-electron chi connectivity index (χ2n) is 6.78. The van der Waals surface area contributed by atoms with Crippen molar-refractivity contribution in [1.29, 1.82) is 0 Å². The van der Waals surface area contributed by atoms with Crippen molar-refractivity contribution in [3.05, 3.63) is 64.5 Å². The van der Waals surface area contributed by atoms with Crippen LogP contribution in [0.15, 0.2) is 48.5 Å². The van der Waals surface area contributed by atoms with Crippen molar-refractivity contribution in [3.8, 4) is 5.75 Å². The van der Waals surface area contributed by atoms with Gasteiger partial charge in [0.05, 0.1) is 0 Å². The van der Waals surface area contributed by atoms with Gasteiger partial charge in [0.2, 0.25) is 11.7 Å². The van der Waals surface area contributed by atoms with E-state index in [0.717, 1.165) is 11.3 Å². The molecule has 1 amide bonds. The molecule has 33 heavy (non-hydrogen) atoms. The van der Waals surface area contributed by atoms with Crippen LogP contribution in [0.2, 0.25) is 0 Å². The van der Waals surface area contributed by atoms with Gasteiger partial charge in [0, 0.05) is 16.8 Å². The van der Waals surface area contributed by atoms with Crippen molar-refractivity contribution in [1.82, 2.24) is 4.98 Å². The van der Waals surface area contributed by atoms with E-state index in [1.54, 1.807) is 0 Å². The molecule has 7 nitrogen and oxygen atoms in total. The molecule has 0 aliphatic rings. The van der Waals surface area contributed by atoms with Gasteiger partial charge >= 0.3 is 6.61 Å². The first-order chi connectivity index (χ1) is 15.6. The Hall–Kier alpha value is -3.67. The number of anilines is 3. The van der Waals surface area contributed by atoms with Crippen molar-refractivity contribution in [3.63, 3.8) is 0 Å². The van der Waals surface area contributed by atoms with Crippen molar-refractivity contribution < 1.29 is 31.9 Å². The number of nitrogens with two attached hydrogens (primary N) is 2. The third-order valence-corrected chi connectivity index (χ3v) is 5.69. The normalized spacial score (nSPS) is 12.1. The average Bonchev–Trinajstić information content (AvgIpc) is 3.14. The number of aromatic nitrogens is 1. The number of hydrogen-bond acceptors (Lipinski definition) is 7. The van der Waals surface area contributed by atoms with Crippen LogP contribution in [0.1, 0.15) is 34.1 Å². The molecule has 0 radical (unpaired) electrons. The number of carbonyl (C=O) groups excluding carboxylic acids is 2. The molecular formula is C21H18F4N4O3S. The maximum atomic E-state index is 12.9. The molecule has 0 saturated heterocycles. The molecule has 0 fully saturated rings. The highest BCUT2D eigenvalue weighted by molar-refractivity contribution is 7.18. The van der Waals surface area contributed by atoms with Crippen LogP contribution in [0, 0.1) is 0 Å². The SMILES string of the molecule is CC(C(N)=O)N(c1ccc(C(F)F)cc1)c1nc(N)c(C(=O)c2ccc(OC(F)F)cc2)s1. The second kappa shape index (κ2) is 9.86. The third kappa shape index (κ3) is 5.40. The van der Waals surface area contributed by atoms with E-state index in [2.05, 4.69) is 9.72 Å². The fourth-order valence-corrected chi connectivity index (χ4v) is 3.96. The minimum absolute atomic E-state index is 0.0402. The Morgan fingerprint density at radius 3 is 2.15 bits per heavy atom. The van der Waals surface area contributed by atoms with E-state index in [1.165, 1.54) is 60.4 Å². The largest absolute Gasteiger partial charge is 0.435 e. The monoisotopic (exact) mass is 482 g/mol. The van der Waals surface area contributed by atoms with Gasteiger partial charge in [-0.15, -0.1) is 0 Å². The van der Waals surface area contributed by atoms with Gasteiger partial charge in [-0.05, 0) is 43.3 Å². The first kappa shape index (κ1) is 24.0. The number of nitrogen functional groups attached to an aromatic ring is 1. The molecule has 0 aliphatic heterocycles. The molecule has 1 atom stereocenters. The number of primary amides is 1. The molecular weight excluding hydrogens is 464 g/mol. The van der Waals surface area contributed by atoms with Crippen LogP contribution < -0.4 is 21.1 Å². The number of rotatable bonds is 9. The molecule has 1 aromatic heterocycles. The minimum Gasteiger partial charge on any atom is -0.435 e. The number of nitrogens with zero attached hydrogens (tertiary/aromatic N) is 2. The maximum absolute atomic E-state index is 12.9. The number of amides is 1. The van der Waals surface area contributed by atoms with E-state index >= 15 is 0 Å². The average molecular weight is 482 g/mol. The molecule has 0 aliphatic carbocycles. The van der Waals surface area contributed by atoms with Crippen LogP contribution in [0.25, 0.3) is 0 Å². The Morgan fingerprint density at radius 1 is 1.03 bits per heavy atom. The number of alkyl halides is 4. The topological polar surface area (TPSA) is 112 Å². The minimum atomic E-state index is -3.00. The van der Waals surface area contributed by atoms with Gasteiger partial charge in [0.1, 0.15) is 22.5 Å². The highest BCUT2D eigenvalue weighted by Crippen LogP contribution is 2.36. The van der Waals surface area contributed by atoms with Gasteiger partial charge in [-0.1, -0.05) is 23.5 Å². The lowest BCUT2D eigenvalue weighted by atomic mass is 10.1. The summed E-state index contributed by atoms with van der Waals surface area (Å²) < 4.78 is 54.7. The summed E-state index contributed by atoms with van der Waals surface area (Å²) >= 11 is 0.870. The van der Waals surface area contributed by atoms with Crippen LogP contribution in [0.3, 0.4) is 0 Å². The molecule has 174 valence electrons. The van der Waals surface area contributed by atoms with E-state index in [4.69, 9.17) is 11.5 Å². The van der Waals surface area contributed by atoms with Crippen LogP contribution in [-0.4, -0.2) is 29.3 Å².